The highest BCUT2D eigenvalue weighted by atomic mass is 32.1. The molecule has 0 spiro atoms. The SMILES string of the molecule is CCC(CS)Cn1cnc(C)c1C. The molecule has 1 aromatic heterocycles. The van der Waals surface area contributed by atoms with Gasteiger partial charge in [-0.1, -0.05) is 13.3 Å². The van der Waals surface area contributed by atoms with E-state index in [2.05, 4.69) is 36.0 Å². The molecule has 0 saturated heterocycles. The maximum Gasteiger partial charge on any atom is 0.0951 e. The van der Waals surface area contributed by atoms with E-state index in [1.54, 1.807) is 0 Å². The van der Waals surface area contributed by atoms with Crippen molar-refractivity contribution in [3.8, 4) is 0 Å². The van der Waals surface area contributed by atoms with E-state index in [1.165, 1.54) is 12.1 Å². The Morgan fingerprint density at radius 2 is 2.23 bits per heavy atom. The lowest BCUT2D eigenvalue weighted by molar-refractivity contribution is 0.471. The fourth-order valence-corrected chi connectivity index (χ4v) is 1.70. The lowest BCUT2D eigenvalue weighted by Crippen LogP contribution is -2.11. The third kappa shape index (κ3) is 2.50. The summed E-state index contributed by atoms with van der Waals surface area (Å²) in [6, 6.07) is 0. The minimum atomic E-state index is 0.663. The Balaban J connectivity index is 2.67. The van der Waals surface area contributed by atoms with Crippen LogP contribution in [0.3, 0.4) is 0 Å². The number of aromatic nitrogens is 2. The Hall–Kier alpha value is -0.440. The molecule has 2 nitrogen and oxygen atoms in total. The summed E-state index contributed by atoms with van der Waals surface area (Å²) in [4.78, 5) is 4.28. The Morgan fingerprint density at radius 1 is 1.54 bits per heavy atom. The van der Waals surface area contributed by atoms with E-state index in [1.807, 2.05) is 13.3 Å². The quantitative estimate of drug-likeness (QED) is 0.736. The summed E-state index contributed by atoms with van der Waals surface area (Å²) in [7, 11) is 0. The molecule has 13 heavy (non-hydrogen) atoms. The van der Waals surface area contributed by atoms with Crippen molar-refractivity contribution >= 4 is 12.6 Å². The van der Waals surface area contributed by atoms with Gasteiger partial charge >= 0.3 is 0 Å². The molecule has 1 aromatic rings. The van der Waals surface area contributed by atoms with Crippen LogP contribution in [0, 0.1) is 19.8 Å². The van der Waals surface area contributed by atoms with Gasteiger partial charge in [-0.05, 0) is 25.5 Å². The highest BCUT2D eigenvalue weighted by Gasteiger charge is 2.07. The van der Waals surface area contributed by atoms with Crippen molar-refractivity contribution in [1.82, 2.24) is 9.55 Å². The van der Waals surface area contributed by atoms with Gasteiger partial charge in [-0.15, -0.1) is 0 Å². The predicted molar refractivity (Wildman–Crippen MR) is 59.3 cm³/mol. The second-order valence-electron chi connectivity index (χ2n) is 3.52. The molecular weight excluding hydrogens is 180 g/mol. The molecule has 74 valence electrons. The van der Waals surface area contributed by atoms with Crippen LogP contribution in [0.5, 0.6) is 0 Å². The van der Waals surface area contributed by atoms with E-state index in [0.29, 0.717) is 5.92 Å². The summed E-state index contributed by atoms with van der Waals surface area (Å²) >= 11 is 4.33. The number of thiol groups is 1. The van der Waals surface area contributed by atoms with Gasteiger partial charge in [0.1, 0.15) is 0 Å². The number of imidazole rings is 1. The number of nitrogens with zero attached hydrogens (tertiary/aromatic N) is 2. The normalized spacial score (nSPS) is 13.2. The minimum Gasteiger partial charge on any atom is -0.334 e. The molecule has 0 N–H and O–H groups in total. The van der Waals surface area contributed by atoms with Gasteiger partial charge in [0.05, 0.1) is 12.0 Å². The average Bonchev–Trinajstić information content (AvgIpc) is 2.45. The molecule has 0 aliphatic carbocycles. The molecule has 0 fully saturated rings. The van der Waals surface area contributed by atoms with Crippen LogP contribution in [-0.2, 0) is 6.54 Å². The van der Waals surface area contributed by atoms with Crippen LogP contribution in [-0.4, -0.2) is 15.3 Å². The Morgan fingerprint density at radius 3 is 2.62 bits per heavy atom. The summed E-state index contributed by atoms with van der Waals surface area (Å²) < 4.78 is 2.22. The Kier molecular flexibility index (Phi) is 3.85. The fourth-order valence-electron chi connectivity index (χ4n) is 1.32. The highest BCUT2D eigenvalue weighted by Crippen LogP contribution is 2.12. The summed E-state index contributed by atoms with van der Waals surface area (Å²) in [5.74, 6) is 1.61. The molecular formula is C10H18N2S. The maximum absolute atomic E-state index is 4.33. The standard InChI is InChI=1S/C10H18N2S/c1-4-10(6-13)5-12-7-11-8(2)9(12)3/h7,10,13H,4-6H2,1-3H3. The van der Waals surface area contributed by atoms with Crippen molar-refractivity contribution in [2.24, 2.45) is 5.92 Å². The number of rotatable bonds is 4. The van der Waals surface area contributed by atoms with Crippen LogP contribution in [0.1, 0.15) is 24.7 Å². The van der Waals surface area contributed by atoms with E-state index >= 15 is 0 Å². The molecule has 0 aromatic carbocycles. The first-order valence-electron chi connectivity index (χ1n) is 4.78. The first kappa shape index (κ1) is 10.6. The second kappa shape index (κ2) is 4.70. The van der Waals surface area contributed by atoms with Crippen molar-refractivity contribution in [1.29, 1.82) is 0 Å². The van der Waals surface area contributed by atoms with E-state index in [9.17, 15) is 0 Å². The molecule has 1 unspecified atom stereocenters. The second-order valence-corrected chi connectivity index (χ2v) is 3.89. The van der Waals surface area contributed by atoms with Crippen molar-refractivity contribution in [2.75, 3.05) is 5.75 Å². The first-order valence-corrected chi connectivity index (χ1v) is 5.41. The first-order chi connectivity index (χ1) is 6.19. The highest BCUT2D eigenvalue weighted by molar-refractivity contribution is 7.80. The van der Waals surface area contributed by atoms with Crippen LogP contribution < -0.4 is 0 Å². The molecule has 0 amide bonds. The number of hydrogen-bond donors (Lipinski definition) is 1. The summed E-state index contributed by atoms with van der Waals surface area (Å²) in [6.45, 7) is 7.42. The van der Waals surface area contributed by atoms with Crippen LogP contribution in [0.4, 0.5) is 0 Å². The molecule has 1 heterocycles. The van der Waals surface area contributed by atoms with Crippen LogP contribution >= 0.6 is 12.6 Å². The zero-order valence-electron chi connectivity index (χ0n) is 8.62. The van der Waals surface area contributed by atoms with E-state index in [-0.39, 0.29) is 0 Å². The zero-order chi connectivity index (χ0) is 9.84. The van der Waals surface area contributed by atoms with Crippen LogP contribution in [0.2, 0.25) is 0 Å². The lowest BCUT2D eigenvalue weighted by Gasteiger charge is -2.13. The Bertz CT molecular complexity index is 264. The van der Waals surface area contributed by atoms with E-state index < -0.39 is 0 Å². The average molecular weight is 198 g/mol. The molecule has 0 radical (unpaired) electrons. The zero-order valence-corrected chi connectivity index (χ0v) is 9.51. The smallest absolute Gasteiger partial charge is 0.0951 e. The summed E-state index contributed by atoms with van der Waals surface area (Å²) in [6.07, 6.45) is 3.11. The van der Waals surface area contributed by atoms with Crippen LogP contribution in [0.15, 0.2) is 6.33 Å². The molecule has 0 aliphatic rings. The topological polar surface area (TPSA) is 17.8 Å². The van der Waals surface area contributed by atoms with Gasteiger partial charge < -0.3 is 4.57 Å². The van der Waals surface area contributed by atoms with Gasteiger partial charge in [-0.3, -0.25) is 0 Å². The fraction of sp³-hybridized carbons (Fsp3) is 0.700. The molecule has 1 rings (SSSR count). The summed E-state index contributed by atoms with van der Waals surface area (Å²) in [5.41, 5.74) is 2.41. The molecule has 0 saturated carbocycles. The van der Waals surface area contributed by atoms with Gasteiger partial charge in [0.25, 0.3) is 0 Å². The van der Waals surface area contributed by atoms with E-state index in [0.717, 1.165) is 18.0 Å². The van der Waals surface area contributed by atoms with Gasteiger partial charge in [-0.25, -0.2) is 4.98 Å². The number of aryl methyl sites for hydroxylation is 1. The Labute approximate surface area is 85.8 Å². The van der Waals surface area contributed by atoms with Gasteiger partial charge in [0.15, 0.2) is 0 Å². The van der Waals surface area contributed by atoms with Crippen molar-refractivity contribution in [3.63, 3.8) is 0 Å². The van der Waals surface area contributed by atoms with E-state index in [4.69, 9.17) is 0 Å². The van der Waals surface area contributed by atoms with Crippen LogP contribution in [0.25, 0.3) is 0 Å². The van der Waals surface area contributed by atoms with Gasteiger partial charge in [-0.2, -0.15) is 12.6 Å². The van der Waals surface area contributed by atoms with Gasteiger partial charge in [0.2, 0.25) is 0 Å². The molecule has 0 aliphatic heterocycles. The molecule has 0 bridgehead atoms. The number of hydrogen-bond acceptors (Lipinski definition) is 2. The minimum absolute atomic E-state index is 0.663. The largest absolute Gasteiger partial charge is 0.334 e. The summed E-state index contributed by atoms with van der Waals surface area (Å²) in [5, 5.41) is 0. The van der Waals surface area contributed by atoms with Crippen molar-refractivity contribution in [3.05, 3.63) is 17.7 Å². The lowest BCUT2D eigenvalue weighted by atomic mass is 10.1. The third-order valence-corrected chi connectivity index (χ3v) is 3.15. The predicted octanol–water partition coefficient (Wildman–Crippen LogP) is 2.46. The monoisotopic (exact) mass is 198 g/mol. The van der Waals surface area contributed by atoms with Crippen molar-refractivity contribution in [2.45, 2.75) is 33.7 Å². The van der Waals surface area contributed by atoms with Crippen molar-refractivity contribution < 1.29 is 0 Å². The third-order valence-electron chi connectivity index (χ3n) is 2.64. The maximum atomic E-state index is 4.33. The molecule has 1 atom stereocenters. The molecule has 3 heteroatoms. The van der Waals surface area contributed by atoms with Gasteiger partial charge in [0, 0.05) is 12.2 Å².